The second-order valence-electron chi connectivity index (χ2n) is 7.95. The van der Waals surface area contributed by atoms with Gasteiger partial charge in [0.25, 0.3) is 5.56 Å². The minimum Gasteiger partial charge on any atom is -0.495 e. The average molecular weight is 505 g/mol. The van der Waals surface area contributed by atoms with Gasteiger partial charge in [0.15, 0.2) is 5.16 Å². The SMILES string of the molecule is COc1ccc(Cl)cc1NC(=O)CSc1nc2c([nH]c3ccccc32)c(=O)n1-c1ccc(C)cc1. The van der Waals surface area contributed by atoms with E-state index in [-0.39, 0.29) is 17.2 Å². The number of halogens is 1. The minimum atomic E-state index is -0.278. The number of fused-ring (bicyclic) bond motifs is 3. The highest BCUT2D eigenvalue weighted by Crippen LogP contribution is 2.29. The first kappa shape index (κ1) is 23.0. The van der Waals surface area contributed by atoms with Crippen molar-refractivity contribution in [2.24, 2.45) is 0 Å². The molecule has 2 aromatic heterocycles. The van der Waals surface area contributed by atoms with Crippen molar-refractivity contribution in [2.75, 3.05) is 18.2 Å². The summed E-state index contributed by atoms with van der Waals surface area (Å²) in [7, 11) is 1.52. The van der Waals surface area contributed by atoms with Gasteiger partial charge in [0.05, 0.1) is 24.2 Å². The number of nitrogens with zero attached hydrogens (tertiary/aromatic N) is 2. The first-order chi connectivity index (χ1) is 16.9. The quantitative estimate of drug-likeness (QED) is 0.233. The fraction of sp³-hybridized carbons (Fsp3) is 0.115. The van der Waals surface area contributed by atoms with Gasteiger partial charge in [0.1, 0.15) is 16.8 Å². The van der Waals surface area contributed by atoms with Gasteiger partial charge in [0, 0.05) is 15.9 Å². The van der Waals surface area contributed by atoms with Crippen LogP contribution in [0.25, 0.3) is 27.6 Å². The largest absolute Gasteiger partial charge is 0.495 e. The number of anilines is 1. The van der Waals surface area contributed by atoms with Gasteiger partial charge in [-0.05, 0) is 43.3 Å². The van der Waals surface area contributed by atoms with Crippen LogP contribution in [0.15, 0.2) is 76.7 Å². The third-order valence-corrected chi connectivity index (χ3v) is 6.73. The number of hydrogen-bond donors (Lipinski definition) is 2. The maximum absolute atomic E-state index is 13.6. The Morgan fingerprint density at radius 1 is 1.14 bits per heavy atom. The fourth-order valence-corrected chi connectivity index (χ4v) is 4.83. The lowest BCUT2D eigenvalue weighted by Crippen LogP contribution is -2.23. The maximum atomic E-state index is 13.6. The molecule has 3 aromatic carbocycles. The molecule has 0 fully saturated rings. The lowest BCUT2D eigenvalue weighted by Gasteiger charge is -2.13. The van der Waals surface area contributed by atoms with Gasteiger partial charge in [-0.3, -0.25) is 14.2 Å². The molecule has 35 heavy (non-hydrogen) atoms. The van der Waals surface area contributed by atoms with Crippen molar-refractivity contribution in [3.8, 4) is 11.4 Å². The van der Waals surface area contributed by atoms with Crippen LogP contribution in [0.5, 0.6) is 5.75 Å². The number of ether oxygens (including phenoxy) is 1. The molecule has 0 radical (unpaired) electrons. The van der Waals surface area contributed by atoms with E-state index in [1.807, 2.05) is 55.5 Å². The van der Waals surface area contributed by atoms with Crippen molar-refractivity contribution in [1.82, 2.24) is 14.5 Å². The molecule has 9 heteroatoms. The molecule has 0 aliphatic heterocycles. The summed E-state index contributed by atoms with van der Waals surface area (Å²) in [5.74, 6) is 0.254. The van der Waals surface area contributed by atoms with Gasteiger partial charge in [-0.25, -0.2) is 4.98 Å². The number of para-hydroxylation sites is 1. The molecule has 2 heterocycles. The number of H-pyrrole nitrogens is 1. The second-order valence-corrected chi connectivity index (χ2v) is 9.33. The molecule has 0 spiro atoms. The summed E-state index contributed by atoms with van der Waals surface area (Å²) < 4.78 is 6.84. The second kappa shape index (κ2) is 9.48. The monoisotopic (exact) mass is 504 g/mol. The Labute approximate surface area is 210 Å². The van der Waals surface area contributed by atoms with E-state index in [4.69, 9.17) is 21.3 Å². The van der Waals surface area contributed by atoms with Crippen LogP contribution in [0.4, 0.5) is 5.69 Å². The lowest BCUT2D eigenvalue weighted by atomic mass is 10.2. The van der Waals surface area contributed by atoms with E-state index < -0.39 is 0 Å². The normalized spacial score (nSPS) is 11.2. The van der Waals surface area contributed by atoms with Gasteiger partial charge in [-0.2, -0.15) is 0 Å². The number of methoxy groups -OCH3 is 1. The first-order valence-corrected chi connectivity index (χ1v) is 12.2. The van der Waals surface area contributed by atoms with Crippen molar-refractivity contribution >= 4 is 56.9 Å². The van der Waals surface area contributed by atoms with E-state index in [1.54, 1.807) is 18.2 Å². The van der Waals surface area contributed by atoms with Crippen LogP contribution >= 0.6 is 23.4 Å². The highest BCUT2D eigenvalue weighted by molar-refractivity contribution is 7.99. The first-order valence-electron chi connectivity index (χ1n) is 10.8. The van der Waals surface area contributed by atoms with Crippen LogP contribution in [0, 0.1) is 6.92 Å². The topological polar surface area (TPSA) is 89.0 Å². The summed E-state index contributed by atoms with van der Waals surface area (Å²) in [6, 6.07) is 20.2. The number of hydrogen-bond acceptors (Lipinski definition) is 5. The molecule has 0 atom stereocenters. The molecule has 2 N–H and O–H groups in total. The summed E-state index contributed by atoms with van der Waals surface area (Å²) in [6.07, 6.45) is 0. The average Bonchev–Trinajstić information content (AvgIpc) is 3.23. The van der Waals surface area contributed by atoms with Crippen molar-refractivity contribution in [1.29, 1.82) is 0 Å². The Morgan fingerprint density at radius 2 is 1.91 bits per heavy atom. The number of nitrogens with one attached hydrogen (secondary N) is 2. The molecule has 7 nitrogen and oxygen atoms in total. The van der Waals surface area contributed by atoms with Crippen LogP contribution in [0.2, 0.25) is 5.02 Å². The Balaban J connectivity index is 1.54. The van der Waals surface area contributed by atoms with E-state index in [9.17, 15) is 9.59 Å². The van der Waals surface area contributed by atoms with Crippen molar-refractivity contribution in [2.45, 2.75) is 12.1 Å². The minimum absolute atomic E-state index is 0.0296. The molecule has 1 amide bonds. The van der Waals surface area contributed by atoms with Gasteiger partial charge < -0.3 is 15.0 Å². The number of carbonyl (C=O) groups is 1. The number of aryl methyl sites for hydroxylation is 1. The summed E-state index contributed by atoms with van der Waals surface area (Å²) >= 11 is 7.26. The zero-order valence-corrected chi connectivity index (χ0v) is 20.5. The number of thioether (sulfide) groups is 1. The highest BCUT2D eigenvalue weighted by Gasteiger charge is 2.18. The van der Waals surface area contributed by atoms with Crippen molar-refractivity contribution in [3.63, 3.8) is 0 Å². The molecule has 5 aromatic rings. The zero-order chi connectivity index (χ0) is 24.5. The molecular weight excluding hydrogens is 484 g/mol. The van der Waals surface area contributed by atoms with E-state index in [0.29, 0.717) is 38.3 Å². The van der Waals surface area contributed by atoms with Crippen LogP contribution in [0.3, 0.4) is 0 Å². The summed E-state index contributed by atoms with van der Waals surface area (Å²) in [5.41, 5.74) is 3.82. The van der Waals surface area contributed by atoms with E-state index in [1.165, 1.54) is 23.4 Å². The molecule has 176 valence electrons. The molecule has 0 saturated carbocycles. The summed E-state index contributed by atoms with van der Waals surface area (Å²) in [4.78, 5) is 34.4. The molecule has 0 aliphatic rings. The third-order valence-electron chi connectivity index (χ3n) is 5.55. The fourth-order valence-electron chi connectivity index (χ4n) is 3.85. The smallest absolute Gasteiger partial charge is 0.283 e. The van der Waals surface area contributed by atoms with Gasteiger partial charge >= 0.3 is 0 Å². The highest BCUT2D eigenvalue weighted by atomic mass is 35.5. The molecule has 5 rings (SSSR count). The van der Waals surface area contributed by atoms with Gasteiger partial charge in [-0.1, -0.05) is 59.3 Å². The zero-order valence-electron chi connectivity index (χ0n) is 19.0. The Morgan fingerprint density at radius 3 is 2.69 bits per heavy atom. The maximum Gasteiger partial charge on any atom is 0.283 e. The standard InChI is InChI=1S/C26H21ClN4O3S/c1-15-7-10-17(11-8-15)31-25(33)24-23(18-5-3-4-6-19(18)29-24)30-26(31)35-14-22(32)28-20-13-16(27)9-12-21(20)34-2/h3-13,29H,14H2,1-2H3,(H,28,32). The van der Waals surface area contributed by atoms with E-state index in [2.05, 4.69) is 10.3 Å². The number of benzene rings is 3. The number of rotatable bonds is 6. The van der Waals surface area contributed by atoms with E-state index >= 15 is 0 Å². The predicted octanol–water partition coefficient (Wildman–Crippen LogP) is 5.57. The number of amides is 1. The third kappa shape index (κ3) is 4.50. The van der Waals surface area contributed by atoms with Crippen LogP contribution in [0.1, 0.15) is 5.56 Å². The van der Waals surface area contributed by atoms with E-state index in [0.717, 1.165) is 16.5 Å². The van der Waals surface area contributed by atoms with Crippen molar-refractivity contribution < 1.29 is 9.53 Å². The van der Waals surface area contributed by atoms with Gasteiger partial charge in [-0.15, -0.1) is 0 Å². The van der Waals surface area contributed by atoms with Crippen LogP contribution in [-0.2, 0) is 4.79 Å². The number of aromatic amines is 1. The Bertz CT molecular complexity index is 1630. The van der Waals surface area contributed by atoms with Crippen LogP contribution in [-0.4, -0.2) is 33.3 Å². The molecule has 0 unspecified atom stereocenters. The molecule has 0 aliphatic carbocycles. The Hall–Kier alpha value is -3.75. The lowest BCUT2D eigenvalue weighted by molar-refractivity contribution is -0.113. The molecular formula is C26H21ClN4O3S. The Kier molecular flexibility index (Phi) is 6.23. The summed E-state index contributed by atoms with van der Waals surface area (Å²) in [6.45, 7) is 1.98. The molecule has 0 bridgehead atoms. The predicted molar refractivity (Wildman–Crippen MR) is 141 cm³/mol. The summed E-state index contributed by atoms with van der Waals surface area (Å²) in [5, 5.41) is 4.58. The van der Waals surface area contributed by atoms with Crippen LogP contribution < -0.4 is 15.6 Å². The van der Waals surface area contributed by atoms with Gasteiger partial charge in [0.2, 0.25) is 5.91 Å². The number of carbonyl (C=O) groups excluding carboxylic acids is 1. The number of aromatic nitrogens is 3. The molecule has 0 saturated heterocycles. The van der Waals surface area contributed by atoms with Crippen molar-refractivity contribution in [3.05, 3.63) is 87.7 Å².